The molecule has 5 heteroatoms. The Bertz CT molecular complexity index is 464. The Morgan fingerprint density at radius 2 is 2.16 bits per heavy atom. The van der Waals surface area contributed by atoms with Crippen LogP contribution in [0.1, 0.15) is 36.0 Å². The van der Waals surface area contributed by atoms with Gasteiger partial charge in [-0.2, -0.15) is 0 Å². The lowest BCUT2D eigenvalue weighted by molar-refractivity contribution is 0.0606. The molecule has 2 N–H and O–H groups in total. The molecule has 0 aromatic heterocycles. The van der Waals surface area contributed by atoms with Crippen LogP contribution in [-0.2, 0) is 4.74 Å². The zero-order valence-electron chi connectivity index (χ0n) is 10.9. The predicted molar refractivity (Wildman–Crippen MR) is 70.0 cm³/mol. The van der Waals surface area contributed by atoms with Gasteiger partial charge in [-0.25, -0.2) is 9.18 Å². The summed E-state index contributed by atoms with van der Waals surface area (Å²) in [7, 11) is 1.68. The first kappa shape index (κ1) is 13.8. The van der Waals surface area contributed by atoms with Crippen molar-refractivity contribution < 1.29 is 19.0 Å². The molecule has 0 radical (unpaired) electrons. The highest BCUT2D eigenvalue weighted by Gasteiger charge is 2.25. The third-order valence-electron chi connectivity index (χ3n) is 3.55. The molecule has 104 valence electrons. The molecule has 19 heavy (non-hydrogen) atoms. The lowest BCUT2D eigenvalue weighted by atomic mass is 9.92. The number of carbonyl (C=O) groups is 1. The van der Waals surface area contributed by atoms with Crippen LogP contribution in [0.15, 0.2) is 18.2 Å². The average molecular weight is 267 g/mol. The number of aromatic carboxylic acids is 1. The van der Waals surface area contributed by atoms with Gasteiger partial charge >= 0.3 is 5.97 Å². The standard InChI is InChI=1S/C14H18FNO3/c1-19-13-5-3-2-4-12(13)16-9-6-7-11(15)10(8-9)14(17)18/h6-8,12-13,16H,2-5H2,1H3,(H,17,18). The largest absolute Gasteiger partial charge is 0.478 e. The van der Waals surface area contributed by atoms with E-state index in [0.29, 0.717) is 5.69 Å². The van der Waals surface area contributed by atoms with Gasteiger partial charge in [0.1, 0.15) is 5.82 Å². The Kier molecular flexibility index (Phi) is 4.37. The fourth-order valence-electron chi connectivity index (χ4n) is 2.54. The number of halogens is 1. The lowest BCUT2D eigenvalue weighted by Crippen LogP contribution is -2.37. The molecule has 0 heterocycles. The first-order valence-corrected chi connectivity index (χ1v) is 6.44. The van der Waals surface area contributed by atoms with E-state index >= 15 is 0 Å². The van der Waals surface area contributed by atoms with Gasteiger partial charge in [0.15, 0.2) is 0 Å². The van der Waals surface area contributed by atoms with Gasteiger partial charge in [-0.05, 0) is 31.0 Å². The number of carboxylic acid groups (broad SMARTS) is 1. The molecule has 1 fully saturated rings. The Morgan fingerprint density at radius 3 is 2.84 bits per heavy atom. The highest BCUT2D eigenvalue weighted by molar-refractivity contribution is 5.89. The third-order valence-corrected chi connectivity index (χ3v) is 3.55. The van der Waals surface area contributed by atoms with E-state index in [2.05, 4.69) is 5.32 Å². The van der Waals surface area contributed by atoms with Gasteiger partial charge in [-0.1, -0.05) is 12.8 Å². The molecule has 0 amide bonds. The maximum atomic E-state index is 13.3. The summed E-state index contributed by atoms with van der Waals surface area (Å²) in [5.74, 6) is -1.97. The summed E-state index contributed by atoms with van der Waals surface area (Å²) in [4.78, 5) is 10.9. The van der Waals surface area contributed by atoms with Crippen molar-refractivity contribution >= 4 is 11.7 Å². The van der Waals surface area contributed by atoms with Crippen molar-refractivity contribution in [1.82, 2.24) is 0 Å². The number of nitrogens with one attached hydrogen (secondary N) is 1. The molecular formula is C14H18FNO3. The fraction of sp³-hybridized carbons (Fsp3) is 0.500. The number of carboxylic acids is 1. The Hall–Kier alpha value is -1.62. The van der Waals surface area contributed by atoms with Crippen molar-refractivity contribution in [3.8, 4) is 0 Å². The van der Waals surface area contributed by atoms with Crippen LogP contribution in [0, 0.1) is 5.82 Å². The molecule has 1 aliphatic carbocycles. The summed E-state index contributed by atoms with van der Waals surface area (Å²) < 4.78 is 18.7. The molecule has 0 bridgehead atoms. The third kappa shape index (κ3) is 3.23. The number of hydrogen-bond donors (Lipinski definition) is 2. The number of rotatable bonds is 4. The fourth-order valence-corrected chi connectivity index (χ4v) is 2.54. The van der Waals surface area contributed by atoms with Gasteiger partial charge in [0.2, 0.25) is 0 Å². The van der Waals surface area contributed by atoms with Crippen LogP contribution < -0.4 is 5.32 Å². The van der Waals surface area contributed by atoms with E-state index in [1.54, 1.807) is 13.2 Å². The highest BCUT2D eigenvalue weighted by atomic mass is 19.1. The second-order valence-corrected chi connectivity index (χ2v) is 4.81. The second-order valence-electron chi connectivity index (χ2n) is 4.81. The highest BCUT2D eigenvalue weighted by Crippen LogP contribution is 2.25. The van der Waals surface area contributed by atoms with Crippen molar-refractivity contribution in [1.29, 1.82) is 0 Å². The Labute approximate surface area is 111 Å². The minimum Gasteiger partial charge on any atom is -0.478 e. The van der Waals surface area contributed by atoms with Gasteiger partial charge in [0.25, 0.3) is 0 Å². The minimum absolute atomic E-state index is 0.118. The first-order valence-electron chi connectivity index (χ1n) is 6.44. The quantitative estimate of drug-likeness (QED) is 0.880. The molecule has 0 spiro atoms. The van der Waals surface area contributed by atoms with E-state index in [1.165, 1.54) is 12.1 Å². The van der Waals surface area contributed by atoms with E-state index < -0.39 is 11.8 Å². The van der Waals surface area contributed by atoms with E-state index in [4.69, 9.17) is 9.84 Å². The molecule has 1 aromatic carbocycles. The van der Waals surface area contributed by atoms with E-state index in [0.717, 1.165) is 25.7 Å². The summed E-state index contributed by atoms with van der Waals surface area (Å²) in [5.41, 5.74) is 0.308. The van der Waals surface area contributed by atoms with Crippen LogP contribution in [0.2, 0.25) is 0 Å². The molecular weight excluding hydrogens is 249 g/mol. The topological polar surface area (TPSA) is 58.6 Å². The van der Waals surface area contributed by atoms with Crippen molar-refractivity contribution in [2.24, 2.45) is 0 Å². The average Bonchev–Trinajstić information content (AvgIpc) is 2.41. The molecule has 0 saturated heterocycles. The van der Waals surface area contributed by atoms with Crippen LogP contribution in [0.25, 0.3) is 0 Å². The summed E-state index contributed by atoms with van der Waals surface area (Å²) in [6, 6.07) is 4.21. The molecule has 0 aliphatic heterocycles. The number of methoxy groups -OCH3 is 1. The smallest absolute Gasteiger partial charge is 0.338 e. The van der Waals surface area contributed by atoms with E-state index in [-0.39, 0.29) is 17.7 Å². The van der Waals surface area contributed by atoms with Crippen LogP contribution in [0.3, 0.4) is 0 Å². The van der Waals surface area contributed by atoms with E-state index in [1.807, 2.05) is 0 Å². The van der Waals surface area contributed by atoms with Crippen LogP contribution in [-0.4, -0.2) is 30.3 Å². The minimum atomic E-state index is -1.26. The van der Waals surface area contributed by atoms with Crippen molar-refractivity contribution in [2.75, 3.05) is 12.4 Å². The zero-order chi connectivity index (χ0) is 13.8. The summed E-state index contributed by atoms with van der Waals surface area (Å²) in [6.07, 6.45) is 4.33. The SMILES string of the molecule is COC1CCCCC1Nc1ccc(F)c(C(=O)O)c1. The van der Waals surface area contributed by atoms with Crippen molar-refractivity contribution in [3.05, 3.63) is 29.6 Å². The Balaban J connectivity index is 2.14. The second kappa shape index (κ2) is 6.02. The number of ether oxygens (including phenoxy) is 1. The summed E-state index contributed by atoms with van der Waals surface area (Å²) in [6.45, 7) is 0. The molecule has 1 aliphatic rings. The van der Waals surface area contributed by atoms with Gasteiger partial charge < -0.3 is 15.2 Å². The van der Waals surface area contributed by atoms with Crippen LogP contribution in [0.4, 0.5) is 10.1 Å². The molecule has 1 aromatic rings. The normalized spacial score (nSPS) is 23.1. The van der Waals surface area contributed by atoms with Gasteiger partial charge in [-0.15, -0.1) is 0 Å². The predicted octanol–water partition coefficient (Wildman–Crippen LogP) is 2.89. The van der Waals surface area contributed by atoms with Gasteiger partial charge in [0.05, 0.1) is 17.7 Å². The lowest BCUT2D eigenvalue weighted by Gasteiger charge is -2.31. The monoisotopic (exact) mass is 267 g/mol. The molecule has 2 rings (SSSR count). The number of hydrogen-bond acceptors (Lipinski definition) is 3. The van der Waals surface area contributed by atoms with Crippen LogP contribution >= 0.6 is 0 Å². The first-order chi connectivity index (χ1) is 9.11. The Morgan fingerprint density at radius 1 is 1.42 bits per heavy atom. The molecule has 4 nitrogen and oxygen atoms in total. The van der Waals surface area contributed by atoms with Gasteiger partial charge in [0, 0.05) is 12.8 Å². The summed E-state index contributed by atoms with van der Waals surface area (Å²) in [5, 5.41) is 12.2. The maximum absolute atomic E-state index is 13.3. The number of benzene rings is 1. The number of anilines is 1. The van der Waals surface area contributed by atoms with E-state index in [9.17, 15) is 9.18 Å². The molecule has 1 saturated carbocycles. The molecule has 2 unspecified atom stereocenters. The van der Waals surface area contributed by atoms with Crippen molar-refractivity contribution in [3.63, 3.8) is 0 Å². The maximum Gasteiger partial charge on any atom is 0.338 e. The van der Waals surface area contributed by atoms with Crippen molar-refractivity contribution in [2.45, 2.75) is 37.8 Å². The van der Waals surface area contributed by atoms with Gasteiger partial charge in [-0.3, -0.25) is 0 Å². The summed E-state index contributed by atoms with van der Waals surface area (Å²) >= 11 is 0. The molecule has 2 atom stereocenters. The van der Waals surface area contributed by atoms with Crippen LogP contribution in [0.5, 0.6) is 0 Å². The zero-order valence-corrected chi connectivity index (χ0v) is 10.9.